The predicted molar refractivity (Wildman–Crippen MR) is 166 cm³/mol. The number of nitrogens with two attached hydrogens (primary N) is 1. The number of rotatable bonds is 8. The Bertz CT molecular complexity index is 1740. The highest BCUT2D eigenvalue weighted by atomic mass is 32.1. The van der Waals surface area contributed by atoms with Crippen LogP contribution in [0.1, 0.15) is 22.4 Å². The van der Waals surface area contributed by atoms with Crippen molar-refractivity contribution in [3.8, 4) is 5.19 Å². The summed E-state index contributed by atoms with van der Waals surface area (Å²) in [6.07, 6.45) is 0. The van der Waals surface area contributed by atoms with E-state index in [0.29, 0.717) is 10.4 Å². The van der Waals surface area contributed by atoms with Crippen LogP contribution in [0.25, 0.3) is 10.2 Å². The summed E-state index contributed by atoms with van der Waals surface area (Å²) in [5.74, 6) is -0.779. The van der Waals surface area contributed by atoms with Crippen molar-refractivity contribution < 1.29 is 14.4 Å². The van der Waals surface area contributed by atoms with Crippen LogP contribution in [0.3, 0.4) is 0 Å². The first kappa shape index (κ1) is 26.7. The van der Waals surface area contributed by atoms with E-state index in [1.54, 1.807) is 5.38 Å². The molecule has 2 N–H and O–H groups in total. The molecule has 0 aliphatic carbocycles. The molecule has 202 valence electrons. The van der Waals surface area contributed by atoms with Crippen LogP contribution in [0.4, 0.5) is 5.13 Å². The molecular weight excluding hydrogens is 573 g/mol. The van der Waals surface area contributed by atoms with E-state index < -0.39 is 11.6 Å². The number of carbonyl (C=O) groups excluding carboxylic acids is 1. The number of oxime groups is 1. The second-order valence-electron chi connectivity index (χ2n) is 8.87. The SMILES string of the molecule is Nc1nc(/C(=N\OC(c2ccccc2)(c2ccccc2)c2ccccc2)C(=O)Oc2nc3c(S)cccc3s2)cs1. The molecule has 0 spiro atoms. The second kappa shape index (κ2) is 11.5. The van der Waals surface area contributed by atoms with Crippen LogP contribution in [0.5, 0.6) is 5.19 Å². The summed E-state index contributed by atoms with van der Waals surface area (Å²) in [4.78, 5) is 29.6. The van der Waals surface area contributed by atoms with Crippen LogP contribution in [-0.2, 0) is 15.2 Å². The zero-order valence-corrected chi connectivity index (χ0v) is 23.9. The van der Waals surface area contributed by atoms with Crippen LogP contribution >= 0.6 is 35.3 Å². The molecule has 2 heterocycles. The summed E-state index contributed by atoms with van der Waals surface area (Å²) in [5, 5.41) is 6.54. The molecule has 41 heavy (non-hydrogen) atoms. The molecule has 0 aliphatic rings. The van der Waals surface area contributed by atoms with Gasteiger partial charge in [-0.1, -0.05) is 114 Å². The van der Waals surface area contributed by atoms with Crippen molar-refractivity contribution in [1.82, 2.24) is 9.97 Å². The molecule has 0 fully saturated rings. The quantitative estimate of drug-likeness (QED) is 0.0651. The van der Waals surface area contributed by atoms with Gasteiger partial charge in [-0.25, -0.2) is 14.8 Å². The topological polar surface area (TPSA) is 99.7 Å². The molecule has 0 bridgehead atoms. The Morgan fingerprint density at radius 3 is 1.90 bits per heavy atom. The molecule has 0 amide bonds. The van der Waals surface area contributed by atoms with Crippen molar-refractivity contribution in [2.24, 2.45) is 5.16 Å². The van der Waals surface area contributed by atoms with Crippen LogP contribution < -0.4 is 10.5 Å². The number of hydrogen-bond donors (Lipinski definition) is 2. The molecule has 4 aromatic carbocycles. The molecule has 10 heteroatoms. The summed E-state index contributed by atoms with van der Waals surface area (Å²) in [6, 6.07) is 34.7. The first-order valence-corrected chi connectivity index (χ1v) is 14.6. The summed E-state index contributed by atoms with van der Waals surface area (Å²) in [7, 11) is 0. The van der Waals surface area contributed by atoms with E-state index in [9.17, 15) is 4.79 Å². The smallest absolute Gasteiger partial charge is 0.370 e. The van der Waals surface area contributed by atoms with Crippen molar-refractivity contribution in [3.63, 3.8) is 0 Å². The average molecular weight is 595 g/mol. The Kier molecular flexibility index (Phi) is 7.51. The first-order chi connectivity index (χ1) is 20.0. The highest BCUT2D eigenvalue weighted by molar-refractivity contribution is 7.80. The van der Waals surface area contributed by atoms with Gasteiger partial charge >= 0.3 is 5.97 Å². The van der Waals surface area contributed by atoms with Gasteiger partial charge in [0.1, 0.15) is 5.69 Å². The maximum atomic E-state index is 13.6. The molecule has 0 unspecified atom stereocenters. The molecule has 0 saturated heterocycles. The average Bonchev–Trinajstić information content (AvgIpc) is 3.63. The third kappa shape index (κ3) is 5.32. The van der Waals surface area contributed by atoms with Gasteiger partial charge in [0.05, 0.1) is 10.2 Å². The van der Waals surface area contributed by atoms with Gasteiger partial charge < -0.3 is 15.3 Å². The van der Waals surface area contributed by atoms with Gasteiger partial charge in [0.2, 0.25) is 11.3 Å². The molecule has 0 radical (unpaired) electrons. The van der Waals surface area contributed by atoms with E-state index in [4.69, 9.17) is 15.3 Å². The van der Waals surface area contributed by atoms with Crippen molar-refractivity contribution in [3.05, 3.63) is 137 Å². The lowest BCUT2D eigenvalue weighted by atomic mass is 9.80. The fourth-order valence-electron chi connectivity index (χ4n) is 4.46. The number of nitrogen functional groups attached to an aromatic ring is 1. The maximum Gasteiger partial charge on any atom is 0.370 e. The van der Waals surface area contributed by atoms with E-state index in [2.05, 4.69) is 27.8 Å². The van der Waals surface area contributed by atoms with E-state index in [-0.39, 0.29) is 21.7 Å². The van der Waals surface area contributed by atoms with Gasteiger partial charge in [-0.2, -0.15) is 0 Å². The molecule has 0 atom stereocenters. The summed E-state index contributed by atoms with van der Waals surface area (Å²) in [5.41, 5.74) is 7.92. The molecule has 7 nitrogen and oxygen atoms in total. The maximum absolute atomic E-state index is 13.6. The zero-order valence-electron chi connectivity index (χ0n) is 21.4. The fourth-order valence-corrected chi connectivity index (χ4v) is 6.18. The lowest BCUT2D eigenvalue weighted by Gasteiger charge is -2.33. The number of para-hydroxylation sites is 1. The minimum atomic E-state index is -1.20. The van der Waals surface area contributed by atoms with Gasteiger partial charge in [0.25, 0.3) is 5.19 Å². The number of hydrogen-bond acceptors (Lipinski definition) is 10. The number of carbonyl (C=O) groups is 1. The first-order valence-electron chi connectivity index (χ1n) is 12.5. The van der Waals surface area contributed by atoms with Crippen LogP contribution in [-0.4, -0.2) is 21.6 Å². The molecule has 0 aliphatic heterocycles. The number of thiol groups is 1. The van der Waals surface area contributed by atoms with Crippen LogP contribution in [0.15, 0.2) is 125 Å². The second-order valence-corrected chi connectivity index (χ2v) is 11.2. The summed E-state index contributed by atoms with van der Waals surface area (Å²) < 4.78 is 6.55. The number of ether oxygens (including phenoxy) is 1. The lowest BCUT2D eigenvalue weighted by molar-refractivity contribution is -0.127. The van der Waals surface area contributed by atoms with Crippen molar-refractivity contribution >= 4 is 62.3 Å². The Balaban J connectivity index is 1.48. The molecule has 6 aromatic rings. The summed E-state index contributed by atoms with van der Waals surface area (Å²) in [6.45, 7) is 0. The minimum Gasteiger partial charge on any atom is -0.393 e. The zero-order chi connectivity index (χ0) is 28.2. The standard InChI is InChI=1S/C31H22N4O3S3/c32-29-33-23(19-40-29)26(28(36)37-30-34-27-24(39)17-10-18-25(27)41-30)35-38-31(20-11-4-1-5-12-20,21-13-6-2-7-14-21)22-15-8-3-9-16-22/h1-19,39H,(H2,32,33)/b35-26+. The van der Waals surface area contributed by atoms with E-state index in [1.165, 1.54) is 22.7 Å². The lowest BCUT2D eigenvalue weighted by Crippen LogP contribution is -2.33. The Morgan fingerprint density at radius 2 is 1.39 bits per heavy atom. The van der Waals surface area contributed by atoms with E-state index in [0.717, 1.165) is 21.4 Å². The highest BCUT2D eigenvalue weighted by Gasteiger charge is 2.40. The predicted octanol–water partition coefficient (Wildman–Crippen LogP) is 6.94. The Morgan fingerprint density at radius 1 is 0.805 bits per heavy atom. The number of fused-ring (bicyclic) bond motifs is 1. The highest BCUT2D eigenvalue weighted by Crippen LogP contribution is 2.41. The van der Waals surface area contributed by atoms with Gasteiger partial charge in [0.15, 0.2) is 5.13 Å². The monoisotopic (exact) mass is 594 g/mol. The number of benzene rings is 4. The van der Waals surface area contributed by atoms with Crippen LogP contribution in [0.2, 0.25) is 0 Å². The number of esters is 1. The normalized spacial score (nSPS) is 11.9. The van der Waals surface area contributed by atoms with E-state index >= 15 is 0 Å². The molecule has 0 saturated carbocycles. The minimum absolute atomic E-state index is 0.143. The van der Waals surface area contributed by atoms with E-state index in [1.807, 2.05) is 109 Å². The number of aromatic nitrogens is 2. The number of anilines is 1. The van der Waals surface area contributed by atoms with Gasteiger partial charge in [-0.05, 0) is 12.1 Å². The Labute approximate surface area is 249 Å². The van der Waals surface area contributed by atoms with Gasteiger partial charge in [-0.3, -0.25) is 0 Å². The molecular formula is C31H22N4O3S3. The summed E-state index contributed by atoms with van der Waals surface area (Å²) >= 11 is 6.88. The third-order valence-corrected chi connectivity index (χ3v) is 8.26. The number of thiazole rings is 2. The van der Waals surface area contributed by atoms with Crippen molar-refractivity contribution in [1.29, 1.82) is 0 Å². The van der Waals surface area contributed by atoms with Gasteiger partial charge in [0, 0.05) is 27.0 Å². The molecule has 6 rings (SSSR count). The third-order valence-electron chi connectivity index (χ3n) is 6.33. The van der Waals surface area contributed by atoms with Gasteiger partial charge in [-0.15, -0.1) is 24.0 Å². The largest absolute Gasteiger partial charge is 0.393 e. The fraction of sp³-hybridized carbons (Fsp3) is 0.0323. The van der Waals surface area contributed by atoms with Crippen molar-refractivity contribution in [2.75, 3.05) is 5.73 Å². The van der Waals surface area contributed by atoms with Crippen molar-refractivity contribution in [2.45, 2.75) is 10.5 Å². The molecule has 2 aromatic heterocycles. The Hall–Kier alpha value is -4.51. The van der Waals surface area contributed by atoms with Crippen LogP contribution in [0, 0.1) is 0 Å². The number of nitrogens with zero attached hydrogens (tertiary/aromatic N) is 3.